The zero-order valence-corrected chi connectivity index (χ0v) is 22.4. The molecule has 41 heavy (non-hydrogen) atoms. The zero-order valence-electron chi connectivity index (χ0n) is 22.4. The van der Waals surface area contributed by atoms with Crippen molar-refractivity contribution in [3.05, 3.63) is 65.0 Å². The summed E-state index contributed by atoms with van der Waals surface area (Å²) >= 11 is 0. The Morgan fingerprint density at radius 1 is 1.12 bits per heavy atom. The molecule has 9 nitrogen and oxygen atoms in total. The molecule has 2 atom stereocenters. The number of anilines is 1. The maximum absolute atomic E-state index is 13.7. The minimum atomic E-state index is -2.88. The molecule has 0 aromatic heterocycles. The van der Waals surface area contributed by atoms with Crippen LogP contribution in [-0.2, 0) is 32.9 Å². The van der Waals surface area contributed by atoms with E-state index < -0.39 is 55.1 Å². The van der Waals surface area contributed by atoms with Gasteiger partial charge in [-0.2, -0.15) is 0 Å². The first-order valence-corrected chi connectivity index (χ1v) is 13.6. The van der Waals surface area contributed by atoms with Crippen LogP contribution in [0.2, 0.25) is 0 Å². The van der Waals surface area contributed by atoms with Crippen LogP contribution in [-0.4, -0.2) is 70.2 Å². The minimum absolute atomic E-state index is 0.126. The van der Waals surface area contributed by atoms with E-state index in [-0.39, 0.29) is 24.8 Å². The summed E-state index contributed by atoms with van der Waals surface area (Å²) in [6, 6.07) is 9.81. The van der Waals surface area contributed by atoms with Crippen LogP contribution in [0.4, 0.5) is 28.4 Å². The summed E-state index contributed by atoms with van der Waals surface area (Å²) in [7, 11) is 0. The Labute approximate surface area is 234 Å². The van der Waals surface area contributed by atoms with Crippen molar-refractivity contribution < 1.29 is 37.1 Å². The number of imide groups is 1. The summed E-state index contributed by atoms with van der Waals surface area (Å²) in [5.74, 6) is -3.99. The van der Waals surface area contributed by atoms with Crippen molar-refractivity contribution in [3.63, 3.8) is 0 Å². The molecular weight excluding hydrogens is 541 g/mol. The van der Waals surface area contributed by atoms with Gasteiger partial charge in [-0.05, 0) is 67.5 Å². The third kappa shape index (κ3) is 5.00. The van der Waals surface area contributed by atoms with Gasteiger partial charge < -0.3 is 19.9 Å². The number of ether oxygens (including phenoxy) is 1. The highest BCUT2D eigenvalue weighted by Crippen LogP contribution is 2.46. The van der Waals surface area contributed by atoms with Crippen molar-refractivity contribution in [3.8, 4) is 0 Å². The van der Waals surface area contributed by atoms with E-state index in [1.807, 2.05) is 6.92 Å². The summed E-state index contributed by atoms with van der Waals surface area (Å²) in [5, 5.41) is 2.58. The number of amides is 5. The summed E-state index contributed by atoms with van der Waals surface area (Å²) in [6.07, 6.45) is 1.59. The molecule has 1 saturated carbocycles. The van der Waals surface area contributed by atoms with Gasteiger partial charge in [-0.25, -0.2) is 27.7 Å². The lowest BCUT2D eigenvalue weighted by Crippen LogP contribution is -2.59. The molecular formula is C29H29F3N4O5. The average Bonchev–Trinajstić information content (AvgIpc) is 3.67. The number of halogens is 3. The minimum Gasteiger partial charge on any atom is -0.427 e. The van der Waals surface area contributed by atoms with Gasteiger partial charge in [-0.3, -0.25) is 9.59 Å². The van der Waals surface area contributed by atoms with Crippen molar-refractivity contribution >= 4 is 29.6 Å². The molecule has 0 bridgehead atoms. The van der Waals surface area contributed by atoms with Crippen LogP contribution >= 0.6 is 0 Å². The highest BCUT2D eigenvalue weighted by atomic mass is 19.3. The lowest BCUT2D eigenvalue weighted by molar-refractivity contribution is -0.143. The van der Waals surface area contributed by atoms with Crippen LogP contribution in [0.1, 0.15) is 42.9 Å². The van der Waals surface area contributed by atoms with Gasteiger partial charge in [0.05, 0.1) is 13.1 Å². The van der Waals surface area contributed by atoms with Crippen LogP contribution in [0, 0.1) is 11.7 Å². The topological polar surface area (TPSA) is 99.3 Å². The molecule has 0 radical (unpaired) electrons. The molecule has 2 aliphatic carbocycles. The van der Waals surface area contributed by atoms with Crippen LogP contribution in [0.5, 0.6) is 0 Å². The van der Waals surface area contributed by atoms with Gasteiger partial charge in [0.1, 0.15) is 12.4 Å². The Hall–Kier alpha value is -4.09. The Morgan fingerprint density at radius 2 is 1.83 bits per heavy atom. The largest absolute Gasteiger partial charge is 0.427 e. The number of hydrogen-bond donors (Lipinski definition) is 1. The van der Waals surface area contributed by atoms with E-state index in [0.29, 0.717) is 29.2 Å². The smallest absolute Gasteiger partial charge is 0.418 e. The molecule has 2 aromatic rings. The molecule has 4 aliphatic rings. The van der Waals surface area contributed by atoms with Crippen LogP contribution in [0.3, 0.4) is 0 Å². The SMILES string of the molecule is C[C@H](C1CC1)N(Cc1ccc(F)cc1)C(=O)CN1C(=O)O[C@@]2(CCc3cc(NC(=O)N4CC(F)(F)C4)ccc32)C1=O. The number of nitrogens with one attached hydrogen (secondary N) is 1. The van der Waals surface area contributed by atoms with Gasteiger partial charge >= 0.3 is 12.1 Å². The van der Waals surface area contributed by atoms with Gasteiger partial charge in [-0.15, -0.1) is 0 Å². The number of benzene rings is 2. The van der Waals surface area contributed by atoms with E-state index in [2.05, 4.69) is 5.32 Å². The van der Waals surface area contributed by atoms with E-state index in [1.54, 1.807) is 29.2 Å². The molecule has 1 N–H and O–H groups in total. The van der Waals surface area contributed by atoms with Gasteiger partial charge in [0.15, 0.2) is 0 Å². The number of carbonyl (C=O) groups is 4. The Bertz CT molecular complexity index is 1420. The molecule has 216 valence electrons. The van der Waals surface area contributed by atoms with Crippen molar-refractivity contribution in [2.24, 2.45) is 5.92 Å². The molecule has 2 aromatic carbocycles. The number of fused-ring (bicyclic) bond motifs is 2. The van der Waals surface area contributed by atoms with E-state index >= 15 is 0 Å². The van der Waals surface area contributed by atoms with Gasteiger partial charge in [0.25, 0.3) is 11.8 Å². The van der Waals surface area contributed by atoms with Gasteiger partial charge in [-0.1, -0.05) is 18.2 Å². The van der Waals surface area contributed by atoms with Crippen molar-refractivity contribution in [2.75, 3.05) is 25.0 Å². The van der Waals surface area contributed by atoms with Crippen LogP contribution in [0.15, 0.2) is 42.5 Å². The molecule has 1 spiro atoms. The fourth-order valence-electron chi connectivity index (χ4n) is 5.89. The predicted molar refractivity (Wildman–Crippen MR) is 139 cm³/mol. The molecule has 5 amide bonds. The molecule has 6 rings (SSSR count). The van der Waals surface area contributed by atoms with Gasteiger partial charge in [0.2, 0.25) is 11.5 Å². The molecule has 2 saturated heterocycles. The molecule has 2 aliphatic heterocycles. The summed E-state index contributed by atoms with van der Waals surface area (Å²) in [4.78, 5) is 55.8. The van der Waals surface area contributed by atoms with E-state index in [4.69, 9.17) is 4.74 Å². The summed E-state index contributed by atoms with van der Waals surface area (Å²) in [6.45, 7) is 0.369. The number of rotatable bonds is 7. The van der Waals surface area contributed by atoms with E-state index in [1.165, 1.54) is 18.2 Å². The molecule has 3 fully saturated rings. The van der Waals surface area contributed by atoms with Crippen molar-refractivity contribution in [2.45, 2.75) is 56.7 Å². The fourth-order valence-corrected chi connectivity index (χ4v) is 5.89. The Kier molecular flexibility index (Phi) is 6.46. The Morgan fingerprint density at radius 3 is 2.49 bits per heavy atom. The van der Waals surface area contributed by atoms with Crippen LogP contribution < -0.4 is 5.32 Å². The second-order valence-corrected chi connectivity index (χ2v) is 11.3. The third-order valence-corrected chi connectivity index (χ3v) is 8.42. The normalized spacial score (nSPS) is 23.2. The number of urea groups is 1. The maximum Gasteiger partial charge on any atom is 0.418 e. The lowest BCUT2D eigenvalue weighted by Gasteiger charge is -2.38. The molecule has 12 heteroatoms. The summed E-state index contributed by atoms with van der Waals surface area (Å²) in [5.41, 5.74) is 0.670. The van der Waals surface area contributed by atoms with Gasteiger partial charge in [0, 0.05) is 30.3 Å². The summed E-state index contributed by atoms with van der Waals surface area (Å²) < 4.78 is 45.3. The zero-order chi connectivity index (χ0) is 29.1. The number of nitrogens with zero attached hydrogens (tertiary/aromatic N) is 3. The predicted octanol–water partition coefficient (Wildman–Crippen LogP) is 4.26. The molecule has 2 heterocycles. The highest BCUT2D eigenvalue weighted by molar-refractivity contribution is 6.06. The average molecular weight is 571 g/mol. The first-order valence-electron chi connectivity index (χ1n) is 13.6. The quantitative estimate of drug-likeness (QED) is 0.537. The standard InChI is InChI=1S/C29H29F3N4O5/c1-17(19-4-5-19)35(13-18-2-6-21(30)7-3-18)24(37)14-36-25(38)29(41-27(36)40)11-10-20-12-22(8-9-23(20)29)33-26(39)34-15-28(31,32)16-34/h2-3,6-9,12,17,19H,4-5,10-11,13-16H2,1H3,(H,33,39)/t17-,29-/m1/s1. The lowest BCUT2D eigenvalue weighted by atomic mass is 9.94. The fraction of sp³-hybridized carbons (Fsp3) is 0.448. The van der Waals surface area contributed by atoms with E-state index in [9.17, 15) is 32.3 Å². The third-order valence-electron chi connectivity index (χ3n) is 8.42. The first kappa shape index (κ1) is 27.1. The number of alkyl halides is 2. The highest BCUT2D eigenvalue weighted by Gasteiger charge is 2.58. The first-order chi connectivity index (χ1) is 19.5. The number of likely N-dealkylation sites (tertiary alicyclic amines) is 1. The van der Waals surface area contributed by atoms with Crippen molar-refractivity contribution in [1.82, 2.24) is 14.7 Å². The second-order valence-electron chi connectivity index (χ2n) is 11.3. The monoisotopic (exact) mass is 570 g/mol. The number of hydrogen-bond acceptors (Lipinski definition) is 5. The number of aryl methyl sites for hydroxylation is 1. The molecule has 0 unspecified atom stereocenters. The van der Waals surface area contributed by atoms with Crippen molar-refractivity contribution in [1.29, 1.82) is 0 Å². The van der Waals surface area contributed by atoms with Crippen LogP contribution in [0.25, 0.3) is 0 Å². The number of carbonyl (C=O) groups excluding carboxylic acids is 4. The van der Waals surface area contributed by atoms with E-state index in [0.717, 1.165) is 28.2 Å². The second kappa shape index (κ2) is 9.78. The maximum atomic E-state index is 13.7. The Balaban J connectivity index is 1.16.